The minimum atomic E-state index is -0.205. The number of aryl methyl sites for hydroxylation is 3. The average Bonchev–Trinajstić information content (AvgIpc) is 3.23. The number of carbonyl (C=O) groups is 1. The summed E-state index contributed by atoms with van der Waals surface area (Å²) in [7, 11) is 0. The van der Waals surface area contributed by atoms with E-state index in [0.717, 1.165) is 18.8 Å². The van der Waals surface area contributed by atoms with E-state index in [2.05, 4.69) is 26.8 Å². The number of aromatic nitrogens is 3. The van der Waals surface area contributed by atoms with Crippen LogP contribution in [-0.2, 0) is 11.3 Å². The molecule has 0 saturated carbocycles. The molecule has 1 amide bonds. The van der Waals surface area contributed by atoms with Crippen LogP contribution in [-0.4, -0.2) is 33.6 Å². The number of rotatable bonds is 5. The lowest BCUT2D eigenvalue weighted by Gasteiger charge is -2.19. The summed E-state index contributed by atoms with van der Waals surface area (Å²) >= 11 is 0. The molecular formula is C16H22N4O3. The minimum absolute atomic E-state index is 0.0783. The highest BCUT2D eigenvalue weighted by molar-refractivity contribution is 5.93. The summed E-state index contributed by atoms with van der Waals surface area (Å²) in [6.07, 6.45) is 4.56. The van der Waals surface area contributed by atoms with E-state index in [-0.39, 0.29) is 17.9 Å². The number of amides is 1. The second-order valence-corrected chi connectivity index (χ2v) is 5.76. The summed E-state index contributed by atoms with van der Waals surface area (Å²) in [4.78, 5) is 20.8. The molecule has 0 aliphatic carbocycles. The standard InChI is InChI=1S/C16H22N4O3/c1-4-20-7-6-17-15(20)14-12(5-8-22-14)9-18-16(21)13-10(2)23-11(3)19-13/h6-7,12,14H,4-5,8-9H2,1-3H3,(H,18,21)/t12-,14+/m0/s1. The molecule has 3 heterocycles. The van der Waals surface area contributed by atoms with Crippen LogP contribution in [0.5, 0.6) is 0 Å². The van der Waals surface area contributed by atoms with E-state index in [4.69, 9.17) is 9.15 Å². The maximum Gasteiger partial charge on any atom is 0.273 e. The van der Waals surface area contributed by atoms with Crippen molar-refractivity contribution in [2.45, 2.75) is 39.8 Å². The van der Waals surface area contributed by atoms with Gasteiger partial charge < -0.3 is 19.0 Å². The van der Waals surface area contributed by atoms with Crippen LogP contribution in [0.1, 0.15) is 47.4 Å². The van der Waals surface area contributed by atoms with Crippen molar-refractivity contribution in [3.8, 4) is 0 Å². The molecule has 0 unspecified atom stereocenters. The monoisotopic (exact) mass is 318 g/mol. The second kappa shape index (κ2) is 6.54. The van der Waals surface area contributed by atoms with Crippen LogP contribution in [0.2, 0.25) is 0 Å². The Morgan fingerprint density at radius 2 is 2.30 bits per heavy atom. The molecule has 1 N–H and O–H groups in total. The van der Waals surface area contributed by atoms with Crippen LogP contribution in [0, 0.1) is 19.8 Å². The van der Waals surface area contributed by atoms with Gasteiger partial charge in [0.25, 0.3) is 5.91 Å². The normalized spacial score (nSPS) is 20.8. The van der Waals surface area contributed by atoms with E-state index in [0.29, 0.717) is 30.5 Å². The zero-order valence-electron chi connectivity index (χ0n) is 13.7. The summed E-state index contributed by atoms with van der Waals surface area (Å²) in [6, 6.07) is 0. The van der Waals surface area contributed by atoms with E-state index in [1.165, 1.54) is 0 Å². The Balaban J connectivity index is 1.65. The molecule has 2 atom stereocenters. The van der Waals surface area contributed by atoms with Gasteiger partial charge in [-0.1, -0.05) is 0 Å². The van der Waals surface area contributed by atoms with Gasteiger partial charge in [-0.05, 0) is 20.3 Å². The third-order valence-electron chi connectivity index (χ3n) is 4.20. The van der Waals surface area contributed by atoms with Crippen molar-refractivity contribution in [3.63, 3.8) is 0 Å². The zero-order chi connectivity index (χ0) is 16.4. The molecule has 23 heavy (non-hydrogen) atoms. The summed E-state index contributed by atoms with van der Waals surface area (Å²) in [5.74, 6) is 1.97. The Morgan fingerprint density at radius 1 is 1.48 bits per heavy atom. The summed E-state index contributed by atoms with van der Waals surface area (Å²) in [6.45, 7) is 7.62. The average molecular weight is 318 g/mol. The molecule has 124 valence electrons. The van der Waals surface area contributed by atoms with Crippen LogP contribution < -0.4 is 5.32 Å². The lowest BCUT2D eigenvalue weighted by molar-refractivity contribution is 0.0772. The van der Waals surface area contributed by atoms with E-state index in [9.17, 15) is 4.79 Å². The smallest absolute Gasteiger partial charge is 0.273 e. The number of carbonyl (C=O) groups excluding carboxylic acids is 1. The van der Waals surface area contributed by atoms with Gasteiger partial charge in [-0.2, -0.15) is 0 Å². The molecule has 2 aromatic rings. The van der Waals surface area contributed by atoms with Gasteiger partial charge in [0.1, 0.15) is 17.7 Å². The molecule has 1 fully saturated rings. The first-order valence-electron chi connectivity index (χ1n) is 7.95. The van der Waals surface area contributed by atoms with Crippen LogP contribution >= 0.6 is 0 Å². The van der Waals surface area contributed by atoms with Crippen molar-refractivity contribution < 1.29 is 13.9 Å². The molecule has 0 radical (unpaired) electrons. The largest absolute Gasteiger partial charge is 0.445 e. The predicted octanol–water partition coefficient (Wildman–Crippen LogP) is 2.02. The van der Waals surface area contributed by atoms with E-state index in [1.807, 2.05) is 6.20 Å². The number of hydrogen-bond acceptors (Lipinski definition) is 5. The maximum absolute atomic E-state index is 12.3. The van der Waals surface area contributed by atoms with E-state index < -0.39 is 0 Å². The third kappa shape index (κ3) is 3.14. The van der Waals surface area contributed by atoms with E-state index >= 15 is 0 Å². The van der Waals surface area contributed by atoms with Crippen molar-refractivity contribution in [2.24, 2.45) is 5.92 Å². The van der Waals surface area contributed by atoms with Gasteiger partial charge in [0.15, 0.2) is 11.6 Å². The molecule has 3 rings (SSSR count). The molecule has 7 heteroatoms. The number of hydrogen-bond donors (Lipinski definition) is 1. The van der Waals surface area contributed by atoms with Crippen molar-refractivity contribution in [3.05, 3.63) is 35.6 Å². The molecule has 0 bridgehead atoms. The fourth-order valence-electron chi connectivity index (χ4n) is 3.02. The van der Waals surface area contributed by atoms with Crippen molar-refractivity contribution in [2.75, 3.05) is 13.2 Å². The number of oxazole rings is 1. The van der Waals surface area contributed by atoms with Crippen molar-refractivity contribution in [1.82, 2.24) is 19.9 Å². The van der Waals surface area contributed by atoms with Gasteiger partial charge in [-0.15, -0.1) is 0 Å². The predicted molar refractivity (Wildman–Crippen MR) is 83.0 cm³/mol. The molecule has 2 aromatic heterocycles. The van der Waals surface area contributed by atoms with Crippen molar-refractivity contribution in [1.29, 1.82) is 0 Å². The number of nitrogens with one attached hydrogen (secondary N) is 1. The highest BCUT2D eigenvalue weighted by atomic mass is 16.5. The van der Waals surface area contributed by atoms with Crippen LogP contribution in [0.15, 0.2) is 16.8 Å². The van der Waals surface area contributed by atoms with Gasteiger partial charge in [0.05, 0.1) is 0 Å². The first kappa shape index (κ1) is 15.7. The molecule has 1 saturated heterocycles. The van der Waals surface area contributed by atoms with Gasteiger partial charge in [0, 0.05) is 44.9 Å². The Morgan fingerprint density at radius 3 is 3.00 bits per heavy atom. The summed E-state index contributed by atoms with van der Waals surface area (Å²) in [5, 5.41) is 2.95. The topological polar surface area (TPSA) is 82.2 Å². The fourth-order valence-corrected chi connectivity index (χ4v) is 3.02. The van der Waals surface area contributed by atoms with Crippen molar-refractivity contribution >= 4 is 5.91 Å². The molecule has 1 aliphatic heterocycles. The lowest BCUT2D eigenvalue weighted by atomic mass is 10.0. The highest BCUT2D eigenvalue weighted by Crippen LogP contribution is 2.33. The van der Waals surface area contributed by atoms with Gasteiger partial charge in [-0.25, -0.2) is 9.97 Å². The Labute approximate surface area is 135 Å². The second-order valence-electron chi connectivity index (χ2n) is 5.76. The molecule has 7 nitrogen and oxygen atoms in total. The quantitative estimate of drug-likeness (QED) is 0.912. The van der Waals surface area contributed by atoms with Gasteiger partial charge in [0.2, 0.25) is 0 Å². The molecule has 0 spiro atoms. The number of ether oxygens (including phenoxy) is 1. The summed E-state index contributed by atoms with van der Waals surface area (Å²) in [5.41, 5.74) is 0.355. The Hall–Kier alpha value is -2.15. The molecule has 0 aromatic carbocycles. The van der Waals surface area contributed by atoms with E-state index in [1.54, 1.807) is 20.0 Å². The molecular weight excluding hydrogens is 296 g/mol. The first-order chi connectivity index (χ1) is 11.1. The van der Waals surface area contributed by atoms with Gasteiger partial charge >= 0.3 is 0 Å². The van der Waals surface area contributed by atoms with Crippen LogP contribution in [0.3, 0.4) is 0 Å². The van der Waals surface area contributed by atoms with Crippen LogP contribution in [0.4, 0.5) is 0 Å². The third-order valence-corrected chi connectivity index (χ3v) is 4.20. The molecule has 1 aliphatic rings. The first-order valence-corrected chi connectivity index (χ1v) is 7.95. The highest BCUT2D eigenvalue weighted by Gasteiger charge is 2.33. The number of imidazole rings is 1. The fraction of sp³-hybridized carbons (Fsp3) is 0.562. The minimum Gasteiger partial charge on any atom is -0.445 e. The van der Waals surface area contributed by atoms with Gasteiger partial charge in [-0.3, -0.25) is 4.79 Å². The van der Waals surface area contributed by atoms with Crippen LogP contribution in [0.25, 0.3) is 0 Å². The Kier molecular flexibility index (Phi) is 4.47. The lowest BCUT2D eigenvalue weighted by Crippen LogP contribution is -2.31. The number of nitrogens with zero attached hydrogens (tertiary/aromatic N) is 3. The summed E-state index contributed by atoms with van der Waals surface area (Å²) < 4.78 is 13.2. The Bertz CT molecular complexity index is 691. The zero-order valence-corrected chi connectivity index (χ0v) is 13.7. The maximum atomic E-state index is 12.3. The SMILES string of the molecule is CCn1ccnc1[C@@H]1OCC[C@H]1CNC(=O)c1nc(C)oc1C.